The molecule has 4 N–H and O–H groups in total. The van der Waals surface area contributed by atoms with Crippen molar-refractivity contribution in [2.45, 2.75) is 49.3 Å². The molecule has 0 saturated carbocycles. The molecule has 1 saturated heterocycles. The normalized spacial score (nSPS) is 33.1. The van der Waals surface area contributed by atoms with Crippen molar-refractivity contribution >= 4 is 10.0 Å². The summed E-state index contributed by atoms with van der Waals surface area (Å²) in [5.74, 6) is 0. The molecule has 0 aliphatic carbocycles. The molecule has 22 heavy (non-hydrogen) atoms. The van der Waals surface area contributed by atoms with E-state index in [1.807, 2.05) is 0 Å². The Hall–Kier alpha value is -1.04. The van der Waals surface area contributed by atoms with Gasteiger partial charge in [-0.25, -0.2) is 13.1 Å². The SMILES string of the molecule is Cc1nn(C)cc1S(=O)(=O)NC[C@H]1OC(C)[C@@H](O)C(O)[C@@H]1O. The maximum Gasteiger partial charge on any atom is 0.244 e. The number of nitrogens with one attached hydrogen (secondary N) is 1. The van der Waals surface area contributed by atoms with Crippen LogP contribution in [0.25, 0.3) is 0 Å². The fourth-order valence-electron chi connectivity index (χ4n) is 2.42. The molecule has 2 heterocycles. The van der Waals surface area contributed by atoms with E-state index in [0.717, 1.165) is 0 Å². The maximum absolute atomic E-state index is 12.2. The fourth-order valence-corrected chi connectivity index (χ4v) is 3.68. The number of aliphatic hydroxyl groups excluding tert-OH is 3. The summed E-state index contributed by atoms with van der Waals surface area (Å²) in [6.45, 7) is 2.88. The molecule has 2 rings (SSSR count). The monoisotopic (exact) mass is 335 g/mol. The number of hydrogen-bond donors (Lipinski definition) is 4. The average Bonchev–Trinajstić information content (AvgIpc) is 2.79. The van der Waals surface area contributed by atoms with Crippen LogP contribution in [0.15, 0.2) is 11.1 Å². The van der Waals surface area contributed by atoms with Crippen LogP contribution in [0.3, 0.4) is 0 Å². The Morgan fingerprint density at radius 1 is 1.32 bits per heavy atom. The lowest BCUT2D eigenvalue weighted by molar-refractivity contribution is -0.214. The number of ether oxygens (including phenoxy) is 1. The number of aromatic nitrogens is 2. The molecule has 0 spiro atoms. The van der Waals surface area contributed by atoms with Crippen LogP contribution in [0.4, 0.5) is 0 Å². The molecule has 0 bridgehead atoms. The number of hydrogen-bond acceptors (Lipinski definition) is 7. The third-order valence-corrected chi connectivity index (χ3v) is 5.21. The van der Waals surface area contributed by atoms with Crippen LogP contribution in [-0.2, 0) is 21.8 Å². The Morgan fingerprint density at radius 3 is 2.50 bits per heavy atom. The molecule has 9 nitrogen and oxygen atoms in total. The molecule has 1 fully saturated rings. The van der Waals surface area contributed by atoms with Gasteiger partial charge in [0, 0.05) is 19.8 Å². The molecule has 1 aromatic rings. The third kappa shape index (κ3) is 3.31. The van der Waals surface area contributed by atoms with Gasteiger partial charge in [-0.1, -0.05) is 0 Å². The zero-order valence-corrected chi connectivity index (χ0v) is 13.4. The Balaban J connectivity index is 2.07. The summed E-state index contributed by atoms with van der Waals surface area (Å²) in [5, 5.41) is 33.1. The first-order valence-electron chi connectivity index (χ1n) is 6.83. The summed E-state index contributed by atoms with van der Waals surface area (Å²) in [4.78, 5) is 0.0360. The van der Waals surface area contributed by atoms with Crippen LogP contribution >= 0.6 is 0 Å². The van der Waals surface area contributed by atoms with Crippen LogP contribution in [0.2, 0.25) is 0 Å². The van der Waals surface area contributed by atoms with Crippen LogP contribution in [0.1, 0.15) is 12.6 Å². The van der Waals surface area contributed by atoms with Gasteiger partial charge in [0.2, 0.25) is 10.0 Å². The lowest BCUT2D eigenvalue weighted by Crippen LogP contribution is -2.59. The molecule has 2 unspecified atom stereocenters. The standard InChI is InChI=1S/C12H21N3O6S/c1-6-9(5-15(3)14-6)22(19,20)13-4-8-11(17)12(18)10(16)7(2)21-8/h5,7-8,10-13,16-18H,4H2,1-3H3/t7?,8-,10-,11-,12?/m1/s1. The second-order valence-electron chi connectivity index (χ2n) is 5.46. The van der Waals surface area contributed by atoms with Gasteiger partial charge in [0.25, 0.3) is 0 Å². The molecule has 1 aromatic heterocycles. The average molecular weight is 335 g/mol. The van der Waals surface area contributed by atoms with Crippen molar-refractivity contribution in [3.05, 3.63) is 11.9 Å². The lowest BCUT2D eigenvalue weighted by Gasteiger charge is -2.39. The van der Waals surface area contributed by atoms with E-state index >= 15 is 0 Å². The highest BCUT2D eigenvalue weighted by atomic mass is 32.2. The van der Waals surface area contributed by atoms with Crippen LogP contribution in [0, 0.1) is 6.92 Å². The maximum atomic E-state index is 12.2. The fraction of sp³-hybridized carbons (Fsp3) is 0.750. The Kier molecular flexibility index (Phi) is 4.90. The quantitative estimate of drug-likeness (QED) is 0.494. The van der Waals surface area contributed by atoms with E-state index < -0.39 is 40.5 Å². The van der Waals surface area contributed by atoms with Gasteiger partial charge >= 0.3 is 0 Å². The van der Waals surface area contributed by atoms with Crippen molar-refractivity contribution < 1.29 is 28.5 Å². The molecule has 126 valence electrons. The first-order chi connectivity index (χ1) is 10.1. The number of nitrogens with zero attached hydrogens (tertiary/aromatic N) is 2. The van der Waals surface area contributed by atoms with Gasteiger partial charge in [0.05, 0.1) is 11.8 Å². The summed E-state index contributed by atoms with van der Waals surface area (Å²) in [7, 11) is -2.20. The summed E-state index contributed by atoms with van der Waals surface area (Å²) < 4.78 is 33.5. The number of aryl methyl sites for hydroxylation is 2. The van der Waals surface area contributed by atoms with Crippen molar-refractivity contribution in [1.29, 1.82) is 0 Å². The van der Waals surface area contributed by atoms with E-state index in [4.69, 9.17) is 4.74 Å². The second kappa shape index (κ2) is 6.22. The number of sulfonamides is 1. The smallest absolute Gasteiger partial charge is 0.244 e. The van der Waals surface area contributed by atoms with E-state index in [1.54, 1.807) is 14.0 Å². The lowest BCUT2D eigenvalue weighted by atomic mass is 9.96. The van der Waals surface area contributed by atoms with Crippen LogP contribution < -0.4 is 4.72 Å². The minimum atomic E-state index is -3.81. The summed E-state index contributed by atoms with van der Waals surface area (Å²) in [6.07, 6.45) is -4.30. The predicted molar refractivity (Wildman–Crippen MR) is 75.5 cm³/mol. The Labute approximate surface area is 128 Å². The van der Waals surface area contributed by atoms with Gasteiger partial charge in [-0.2, -0.15) is 5.10 Å². The molecule has 0 aromatic carbocycles. The van der Waals surface area contributed by atoms with Crippen molar-refractivity contribution in [3.63, 3.8) is 0 Å². The number of aliphatic hydroxyl groups is 3. The summed E-state index contributed by atoms with van der Waals surface area (Å²) in [6, 6.07) is 0. The molecule has 0 radical (unpaired) electrons. The molecular weight excluding hydrogens is 314 g/mol. The zero-order valence-electron chi connectivity index (χ0n) is 12.5. The summed E-state index contributed by atoms with van der Waals surface area (Å²) >= 11 is 0. The zero-order chi connectivity index (χ0) is 16.7. The van der Waals surface area contributed by atoms with Crippen molar-refractivity contribution in [3.8, 4) is 0 Å². The van der Waals surface area contributed by atoms with Gasteiger partial charge < -0.3 is 20.1 Å². The minimum absolute atomic E-state index is 0.0360. The molecule has 5 atom stereocenters. The van der Waals surface area contributed by atoms with E-state index in [9.17, 15) is 23.7 Å². The van der Waals surface area contributed by atoms with Crippen molar-refractivity contribution in [2.24, 2.45) is 7.05 Å². The van der Waals surface area contributed by atoms with Crippen molar-refractivity contribution in [2.75, 3.05) is 6.54 Å². The predicted octanol–water partition coefficient (Wildman–Crippen LogP) is -2.12. The molecule has 10 heteroatoms. The molecule has 0 amide bonds. The van der Waals surface area contributed by atoms with E-state index in [-0.39, 0.29) is 11.4 Å². The first kappa shape index (κ1) is 17.3. The third-order valence-electron chi connectivity index (χ3n) is 3.68. The highest BCUT2D eigenvalue weighted by molar-refractivity contribution is 7.89. The number of rotatable bonds is 4. The molecule has 1 aliphatic heterocycles. The molecule has 1 aliphatic rings. The highest BCUT2D eigenvalue weighted by Crippen LogP contribution is 2.21. The highest BCUT2D eigenvalue weighted by Gasteiger charge is 2.42. The summed E-state index contributed by atoms with van der Waals surface area (Å²) in [5.41, 5.74) is 0.351. The second-order valence-corrected chi connectivity index (χ2v) is 7.19. The van der Waals surface area contributed by atoms with E-state index in [2.05, 4.69) is 9.82 Å². The van der Waals surface area contributed by atoms with Gasteiger partial charge in [-0.05, 0) is 13.8 Å². The Bertz CT molecular complexity index is 631. The van der Waals surface area contributed by atoms with Gasteiger partial charge in [-0.15, -0.1) is 0 Å². The Morgan fingerprint density at radius 2 is 1.95 bits per heavy atom. The largest absolute Gasteiger partial charge is 0.388 e. The van der Waals surface area contributed by atoms with Crippen molar-refractivity contribution in [1.82, 2.24) is 14.5 Å². The molecular formula is C12H21N3O6S. The first-order valence-corrected chi connectivity index (χ1v) is 8.31. The van der Waals surface area contributed by atoms with Gasteiger partial charge in [-0.3, -0.25) is 4.68 Å². The minimum Gasteiger partial charge on any atom is -0.388 e. The topological polar surface area (TPSA) is 134 Å². The van der Waals surface area contributed by atoms with Gasteiger partial charge in [0.1, 0.15) is 29.3 Å². The van der Waals surface area contributed by atoms with Gasteiger partial charge in [0.15, 0.2) is 0 Å². The van der Waals surface area contributed by atoms with Crippen LogP contribution in [0.5, 0.6) is 0 Å². The van der Waals surface area contributed by atoms with E-state index in [0.29, 0.717) is 5.69 Å². The van der Waals surface area contributed by atoms with Crippen LogP contribution in [-0.4, -0.2) is 70.6 Å². The van der Waals surface area contributed by atoms with E-state index in [1.165, 1.54) is 17.8 Å².